The molecule has 0 aliphatic carbocycles. The fourth-order valence-electron chi connectivity index (χ4n) is 7.48. The van der Waals surface area contributed by atoms with Crippen LogP contribution in [0.3, 0.4) is 0 Å². The molecule has 4 atom stereocenters. The highest BCUT2D eigenvalue weighted by atomic mass is 28.4. The van der Waals surface area contributed by atoms with Gasteiger partial charge in [0.05, 0.1) is 32.6 Å². The summed E-state index contributed by atoms with van der Waals surface area (Å²) in [5, 5.41) is 15.8. The van der Waals surface area contributed by atoms with Gasteiger partial charge in [-0.25, -0.2) is 0 Å². The zero-order valence-corrected chi connectivity index (χ0v) is 30.3. The molecule has 12 heteroatoms. The Balaban J connectivity index is 1.30. The molecular weight excluding hydrogens is 667 g/mol. The summed E-state index contributed by atoms with van der Waals surface area (Å²) < 4.78 is 17.1. The van der Waals surface area contributed by atoms with E-state index < -0.39 is 25.9 Å². The summed E-state index contributed by atoms with van der Waals surface area (Å²) in [5.74, 6) is -0.00583. The van der Waals surface area contributed by atoms with Crippen molar-refractivity contribution in [3.8, 4) is 11.5 Å². The minimum atomic E-state index is -2.90. The van der Waals surface area contributed by atoms with Gasteiger partial charge >= 0.3 is 0 Å². The van der Waals surface area contributed by atoms with Crippen LogP contribution in [0.1, 0.15) is 45.2 Å². The number of aliphatic hydroxyl groups excluding tert-OH is 1. The lowest BCUT2D eigenvalue weighted by atomic mass is 9.82. The Labute approximate surface area is 298 Å². The molecule has 1 fully saturated rings. The molecule has 4 aromatic carbocycles. The Bertz CT molecular complexity index is 1910. The minimum absolute atomic E-state index is 0.154. The molecule has 4 N–H and O–H groups in total. The van der Waals surface area contributed by atoms with Gasteiger partial charge in [0.15, 0.2) is 13.9 Å². The van der Waals surface area contributed by atoms with E-state index in [1.807, 2.05) is 32.2 Å². The van der Waals surface area contributed by atoms with Crippen molar-refractivity contribution in [2.75, 3.05) is 36.4 Å². The quantitative estimate of drug-likeness (QED) is 0.140. The fraction of sp³-hybridized carbons (Fsp3) is 0.308. The summed E-state index contributed by atoms with van der Waals surface area (Å²) in [6.07, 6.45) is -0.270. The van der Waals surface area contributed by atoms with E-state index in [9.17, 15) is 24.3 Å². The number of carbonyl (C=O) groups is 3. The molecule has 1 spiro atoms. The molecule has 0 radical (unpaired) electrons. The number of benzene rings is 4. The van der Waals surface area contributed by atoms with Gasteiger partial charge in [-0.1, -0.05) is 19.1 Å². The van der Waals surface area contributed by atoms with Crippen molar-refractivity contribution in [1.29, 1.82) is 0 Å². The first-order valence-corrected chi connectivity index (χ1v) is 19.9. The number of nitrogens with zero attached hydrogens (tertiary/aromatic N) is 1. The summed E-state index contributed by atoms with van der Waals surface area (Å²) in [6.45, 7) is 5.65. The van der Waals surface area contributed by atoms with Crippen LogP contribution >= 0.6 is 0 Å². The molecule has 11 nitrogen and oxygen atoms in total. The molecule has 0 saturated carbocycles. The van der Waals surface area contributed by atoms with E-state index >= 15 is 0 Å². The number of aliphatic hydroxyl groups is 1. The second-order valence-electron chi connectivity index (χ2n) is 13.6. The number of hydrogen-bond acceptors (Lipinski definition) is 8. The number of hydrogen-bond donors (Lipinski definition) is 4. The number of amides is 3. The third-order valence-electron chi connectivity index (χ3n) is 9.91. The molecule has 0 aromatic heterocycles. The van der Waals surface area contributed by atoms with Crippen molar-refractivity contribution in [3.05, 3.63) is 113 Å². The normalized spacial score (nSPS) is 21.0. The van der Waals surface area contributed by atoms with E-state index in [1.54, 1.807) is 98.0 Å². The lowest BCUT2D eigenvalue weighted by Gasteiger charge is -2.32. The van der Waals surface area contributed by atoms with E-state index in [4.69, 9.17) is 14.2 Å². The molecule has 0 bridgehead atoms. The molecule has 266 valence electrons. The lowest BCUT2D eigenvalue weighted by molar-refractivity contribution is -0.146. The molecule has 0 unspecified atom stereocenters. The van der Waals surface area contributed by atoms with Gasteiger partial charge in [-0.2, -0.15) is 0 Å². The number of ether oxygens (including phenoxy) is 3. The monoisotopic (exact) mass is 709 g/mol. The highest BCUT2D eigenvalue weighted by molar-refractivity contribution is 6.71. The topological polar surface area (TPSA) is 147 Å². The first kappa shape index (κ1) is 35.8. The van der Waals surface area contributed by atoms with E-state index in [2.05, 4.69) is 10.6 Å². The Morgan fingerprint density at radius 2 is 1.37 bits per heavy atom. The summed E-state index contributed by atoms with van der Waals surface area (Å²) in [4.78, 5) is 53.9. The zero-order valence-electron chi connectivity index (χ0n) is 29.3. The van der Waals surface area contributed by atoms with Gasteiger partial charge in [-0.15, -0.1) is 0 Å². The SMILES string of the molecule is COc1ccc(C(=O)Nc2ccc(CN3C(=O)[C@]4(O[C@H](CCO)[C@@H]([Si](C)(C)O)[C@@H]4C)c4cc(NC(=O)c5ccc(OC)cc5)ccc43)cc2)cc1. The van der Waals surface area contributed by atoms with Crippen molar-refractivity contribution < 1.29 is 38.5 Å². The maximum atomic E-state index is 14.8. The summed E-state index contributed by atoms with van der Waals surface area (Å²) >= 11 is 0. The predicted octanol–water partition coefficient (Wildman–Crippen LogP) is 5.94. The largest absolute Gasteiger partial charge is 0.497 e. The average Bonchev–Trinajstić information content (AvgIpc) is 3.55. The van der Waals surface area contributed by atoms with Crippen LogP contribution < -0.4 is 25.0 Å². The third-order valence-corrected chi connectivity index (χ3v) is 12.4. The number of methoxy groups -OCH3 is 2. The van der Waals surface area contributed by atoms with Crippen LogP contribution in [-0.4, -0.2) is 62.9 Å². The second-order valence-corrected chi connectivity index (χ2v) is 17.5. The Morgan fingerprint density at radius 1 is 0.843 bits per heavy atom. The van der Waals surface area contributed by atoms with Crippen molar-refractivity contribution in [3.63, 3.8) is 0 Å². The Kier molecular flexibility index (Phi) is 10.0. The smallest absolute Gasteiger partial charge is 0.264 e. The standard InChI is InChI=1S/C39H43N3O8Si/c1-24-35(51(4,5)47)34(20-21-43)50-39(24)32-22-29(41-37(45)27-10-17-31(49-3)18-11-27)14-19-33(32)42(38(39)46)23-25-6-12-28(13-7-25)40-36(44)26-8-15-30(48-2)16-9-26/h6-19,22,24,34-35,43,47H,20-21,23H2,1-5H3,(H,40,44)(H,41,45)/t24-,34+,35-,39+/m0/s1. The van der Waals surface area contributed by atoms with Gasteiger partial charge in [0.25, 0.3) is 17.7 Å². The molecule has 4 aromatic rings. The van der Waals surface area contributed by atoms with Crippen LogP contribution in [0, 0.1) is 5.92 Å². The first-order valence-electron chi connectivity index (χ1n) is 16.9. The molecule has 1 saturated heterocycles. The van der Waals surface area contributed by atoms with Gasteiger partial charge in [0, 0.05) is 46.1 Å². The van der Waals surface area contributed by atoms with Crippen molar-refractivity contribution in [1.82, 2.24) is 0 Å². The lowest BCUT2D eigenvalue weighted by Crippen LogP contribution is -2.46. The van der Waals surface area contributed by atoms with E-state index in [0.717, 1.165) is 5.56 Å². The predicted molar refractivity (Wildman–Crippen MR) is 197 cm³/mol. The Hall–Kier alpha value is -5.01. The molecule has 3 amide bonds. The second kappa shape index (κ2) is 14.3. The van der Waals surface area contributed by atoms with Gasteiger partial charge in [0.2, 0.25) is 0 Å². The number of rotatable bonds is 11. The molecular formula is C39H43N3O8Si. The van der Waals surface area contributed by atoms with E-state index in [1.165, 1.54) is 0 Å². The van der Waals surface area contributed by atoms with Crippen LogP contribution in [-0.2, 0) is 21.7 Å². The van der Waals surface area contributed by atoms with Gasteiger partial charge in [0.1, 0.15) is 11.5 Å². The first-order chi connectivity index (χ1) is 24.4. The van der Waals surface area contributed by atoms with Crippen LogP contribution in [0.15, 0.2) is 91.0 Å². The highest BCUT2D eigenvalue weighted by Crippen LogP contribution is 2.60. The maximum absolute atomic E-state index is 14.8. The van der Waals surface area contributed by atoms with Crippen LogP contribution in [0.5, 0.6) is 11.5 Å². The maximum Gasteiger partial charge on any atom is 0.264 e. The van der Waals surface area contributed by atoms with Crippen molar-refractivity contribution in [2.24, 2.45) is 5.92 Å². The Morgan fingerprint density at radius 3 is 1.88 bits per heavy atom. The summed E-state index contributed by atoms with van der Waals surface area (Å²) in [6, 6.07) is 26.2. The fourth-order valence-corrected chi connectivity index (χ4v) is 10.1. The zero-order chi connectivity index (χ0) is 36.5. The number of carbonyl (C=O) groups excluding carboxylic acids is 3. The van der Waals surface area contributed by atoms with Crippen LogP contribution in [0.4, 0.5) is 17.1 Å². The molecule has 2 aliphatic heterocycles. The van der Waals surface area contributed by atoms with Crippen molar-refractivity contribution >= 4 is 43.1 Å². The number of fused-ring (bicyclic) bond motifs is 2. The number of nitrogens with one attached hydrogen (secondary N) is 2. The van der Waals surface area contributed by atoms with Gasteiger partial charge < -0.3 is 39.6 Å². The molecule has 2 heterocycles. The van der Waals surface area contributed by atoms with Crippen LogP contribution in [0.25, 0.3) is 0 Å². The molecule has 2 aliphatic rings. The highest BCUT2D eigenvalue weighted by Gasteiger charge is 2.66. The average molecular weight is 710 g/mol. The third kappa shape index (κ3) is 6.87. The van der Waals surface area contributed by atoms with Gasteiger partial charge in [-0.05, 0) is 104 Å². The van der Waals surface area contributed by atoms with Crippen LogP contribution in [0.2, 0.25) is 18.6 Å². The van der Waals surface area contributed by atoms with Crippen molar-refractivity contribution in [2.45, 2.75) is 50.2 Å². The summed E-state index contributed by atoms with van der Waals surface area (Å²) in [5.41, 5.74) is 2.27. The minimum Gasteiger partial charge on any atom is -0.497 e. The van der Waals surface area contributed by atoms with Gasteiger partial charge in [-0.3, -0.25) is 14.4 Å². The molecule has 6 rings (SSSR count). The molecule has 51 heavy (non-hydrogen) atoms. The van der Waals surface area contributed by atoms with E-state index in [0.29, 0.717) is 45.3 Å². The number of anilines is 3. The van der Waals surface area contributed by atoms with E-state index in [-0.39, 0.29) is 42.8 Å². The summed E-state index contributed by atoms with van der Waals surface area (Å²) in [7, 11) is 0.226.